The van der Waals surface area contributed by atoms with Gasteiger partial charge in [-0.05, 0) is 148 Å². The van der Waals surface area contributed by atoms with E-state index in [2.05, 4.69) is 179 Å². The summed E-state index contributed by atoms with van der Waals surface area (Å²) in [7, 11) is 0. The molecular weight excluding hydrogens is 913 g/mol. The van der Waals surface area contributed by atoms with Crippen molar-refractivity contribution in [2.45, 2.75) is 239 Å². The number of hydrogen-bond donors (Lipinski definition) is 0. The van der Waals surface area contributed by atoms with E-state index in [0.29, 0.717) is 19.3 Å². The zero-order chi connectivity index (χ0) is 53.6. The molecule has 0 aromatic heterocycles. The van der Waals surface area contributed by atoms with E-state index < -0.39 is 6.10 Å². The first-order valence-electron chi connectivity index (χ1n) is 29.5. The zero-order valence-corrected chi connectivity index (χ0v) is 47.3. The van der Waals surface area contributed by atoms with Crippen molar-refractivity contribution >= 4 is 17.9 Å². The Labute approximate surface area is 454 Å². The van der Waals surface area contributed by atoms with E-state index in [1.807, 2.05) is 0 Å². The van der Waals surface area contributed by atoms with Gasteiger partial charge in [-0.15, -0.1) is 0 Å². The molecule has 414 valence electrons. The summed E-state index contributed by atoms with van der Waals surface area (Å²) in [6.45, 7) is 6.30. The molecule has 0 radical (unpaired) electrons. The second-order valence-corrected chi connectivity index (χ2v) is 18.8. The number of unbranched alkanes of at least 4 members (excludes halogenated alkanes) is 14. The molecule has 1 unspecified atom stereocenters. The summed E-state index contributed by atoms with van der Waals surface area (Å²) >= 11 is 0. The molecule has 0 spiro atoms. The van der Waals surface area contributed by atoms with Crippen LogP contribution in [0.5, 0.6) is 0 Å². The van der Waals surface area contributed by atoms with Gasteiger partial charge in [-0.2, -0.15) is 0 Å². The van der Waals surface area contributed by atoms with Crippen LogP contribution >= 0.6 is 0 Å². The van der Waals surface area contributed by atoms with E-state index in [9.17, 15) is 14.4 Å². The van der Waals surface area contributed by atoms with Gasteiger partial charge in [0.1, 0.15) is 13.2 Å². The SMILES string of the molecule is CC/C=C\C/C=C\C/C=C\C/C=C\C/C=C\C/C=C\C/C=C\C/C=C\CCCCCCC(=O)OCC(COC(=O)CCCCCCC/C=C\CCCCC)OC(=O)CCCC/C=C\C/C=C\C/C=C\C/C=C\CC. The number of rotatable bonds is 51. The molecule has 0 saturated heterocycles. The van der Waals surface area contributed by atoms with E-state index in [1.165, 1.54) is 32.1 Å². The first-order chi connectivity index (χ1) is 36.5. The van der Waals surface area contributed by atoms with Gasteiger partial charge in [-0.1, -0.05) is 224 Å². The highest BCUT2D eigenvalue weighted by atomic mass is 16.6. The second kappa shape index (κ2) is 60.6. The molecule has 6 nitrogen and oxygen atoms in total. The average Bonchev–Trinajstić information content (AvgIpc) is 3.40. The Morgan fingerprint density at radius 1 is 0.284 bits per heavy atom. The lowest BCUT2D eigenvalue weighted by atomic mass is 10.1. The summed E-state index contributed by atoms with van der Waals surface area (Å²) < 4.78 is 16.8. The maximum absolute atomic E-state index is 12.8. The van der Waals surface area contributed by atoms with E-state index in [0.717, 1.165) is 154 Å². The molecule has 0 aromatic rings. The zero-order valence-electron chi connectivity index (χ0n) is 47.3. The lowest BCUT2D eigenvalue weighted by molar-refractivity contribution is -0.167. The highest BCUT2D eigenvalue weighted by molar-refractivity contribution is 5.71. The predicted octanol–water partition coefficient (Wildman–Crippen LogP) is 20.1. The maximum atomic E-state index is 12.8. The number of allylic oxidation sites excluding steroid dienone is 26. The van der Waals surface area contributed by atoms with Gasteiger partial charge in [0, 0.05) is 19.3 Å². The van der Waals surface area contributed by atoms with Crippen LogP contribution in [0.3, 0.4) is 0 Å². The Balaban J connectivity index is 4.42. The molecule has 6 heteroatoms. The molecule has 0 aliphatic rings. The maximum Gasteiger partial charge on any atom is 0.306 e. The third kappa shape index (κ3) is 57.9. The molecule has 0 aliphatic carbocycles. The number of carbonyl (C=O) groups is 3. The average molecular weight is 1020 g/mol. The summed E-state index contributed by atoms with van der Waals surface area (Å²) in [6.07, 6.45) is 88.1. The predicted molar refractivity (Wildman–Crippen MR) is 320 cm³/mol. The number of hydrogen-bond acceptors (Lipinski definition) is 6. The van der Waals surface area contributed by atoms with Gasteiger partial charge in [0.05, 0.1) is 0 Å². The van der Waals surface area contributed by atoms with E-state index in [-0.39, 0.29) is 37.5 Å². The molecular formula is C68H106O6. The molecule has 0 amide bonds. The first-order valence-corrected chi connectivity index (χ1v) is 29.5. The van der Waals surface area contributed by atoms with Gasteiger partial charge in [0.25, 0.3) is 0 Å². The van der Waals surface area contributed by atoms with Crippen LogP contribution in [0.15, 0.2) is 158 Å². The molecule has 0 N–H and O–H groups in total. The molecule has 0 aliphatic heterocycles. The van der Waals surface area contributed by atoms with Crippen molar-refractivity contribution in [2.75, 3.05) is 13.2 Å². The fourth-order valence-electron chi connectivity index (χ4n) is 7.38. The second-order valence-electron chi connectivity index (χ2n) is 18.8. The highest BCUT2D eigenvalue weighted by Crippen LogP contribution is 2.12. The molecule has 0 rings (SSSR count). The topological polar surface area (TPSA) is 78.9 Å². The van der Waals surface area contributed by atoms with E-state index >= 15 is 0 Å². The van der Waals surface area contributed by atoms with Gasteiger partial charge in [0.15, 0.2) is 6.10 Å². The summed E-state index contributed by atoms with van der Waals surface area (Å²) in [5, 5.41) is 0. The van der Waals surface area contributed by atoms with Crippen molar-refractivity contribution in [3.05, 3.63) is 158 Å². The van der Waals surface area contributed by atoms with Crippen LogP contribution in [-0.4, -0.2) is 37.2 Å². The summed E-state index contributed by atoms with van der Waals surface area (Å²) in [5.41, 5.74) is 0. The highest BCUT2D eigenvalue weighted by Gasteiger charge is 2.19. The molecule has 0 fully saturated rings. The van der Waals surface area contributed by atoms with Gasteiger partial charge in [0.2, 0.25) is 0 Å². The molecule has 1 atom stereocenters. The van der Waals surface area contributed by atoms with Crippen molar-refractivity contribution in [1.29, 1.82) is 0 Å². The van der Waals surface area contributed by atoms with Gasteiger partial charge < -0.3 is 14.2 Å². The largest absolute Gasteiger partial charge is 0.462 e. The Hall–Kier alpha value is -4.97. The van der Waals surface area contributed by atoms with Crippen LogP contribution < -0.4 is 0 Å². The Morgan fingerprint density at radius 3 is 0.865 bits per heavy atom. The molecule has 74 heavy (non-hydrogen) atoms. The number of esters is 3. The van der Waals surface area contributed by atoms with Crippen LogP contribution in [0.2, 0.25) is 0 Å². The van der Waals surface area contributed by atoms with Gasteiger partial charge in [-0.25, -0.2) is 0 Å². The number of carbonyl (C=O) groups excluding carboxylic acids is 3. The van der Waals surface area contributed by atoms with Crippen molar-refractivity contribution in [3.63, 3.8) is 0 Å². The van der Waals surface area contributed by atoms with Crippen LogP contribution in [-0.2, 0) is 28.6 Å². The van der Waals surface area contributed by atoms with Crippen molar-refractivity contribution in [1.82, 2.24) is 0 Å². The van der Waals surface area contributed by atoms with Crippen molar-refractivity contribution < 1.29 is 28.6 Å². The summed E-state index contributed by atoms with van der Waals surface area (Å²) in [4.78, 5) is 38.1. The van der Waals surface area contributed by atoms with Crippen LogP contribution in [0, 0.1) is 0 Å². The smallest absolute Gasteiger partial charge is 0.306 e. The summed E-state index contributed by atoms with van der Waals surface area (Å²) in [5.74, 6) is -1.000. The number of ether oxygens (including phenoxy) is 3. The van der Waals surface area contributed by atoms with Crippen molar-refractivity contribution in [3.8, 4) is 0 Å². The molecule has 0 saturated carbocycles. The minimum Gasteiger partial charge on any atom is -0.462 e. The molecule has 0 heterocycles. The van der Waals surface area contributed by atoms with Gasteiger partial charge >= 0.3 is 17.9 Å². The van der Waals surface area contributed by atoms with E-state index in [4.69, 9.17) is 14.2 Å². The monoisotopic (exact) mass is 1020 g/mol. The lowest BCUT2D eigenvalue weighted by Gasteiger charge is -2.18. The minimum atomic E-state index is -0.821. The minimum absolute atomic E-state index is 0.114. The molecule has 0 aromatic carbocycles. The van der Waals surface area contributed by atoms with E-state index in [1.54, 1.807) is 0 Å². The van der Waals surface area contributed by atoms with Gasteiger partial charge in [-0.3, -0.25) is 14.4 Å². The lowest BCUT2D eigenvalue weighted by Crippen LogP contribution is -2.30. The third-order valence-corrected chi connectivity index (χ3v) is 11.7. The Morgan fingerprint density at radius 2 is 0.527 bits per heavy atom. The summed E-state index contributed by atoms with van der Waals surface area (Å²) in [6, 6.07) is 0. The third-order valence-electron chi connectivity index (χ3n) is 11.7. The fraction of sp³-hybridized carbons (Fsp3) is 0.574. The first kappa shape index (κ1) is 69.0. The quantitative estimate of drug-likeness (QED) is 0.0261. The fourth-order valence-corrected chi connectivity index (χ4v) is 7.38. The van der Waals surface area contributed by atoms with Crippen LogP contribution in [0.25, 0.3) is 0 Å². The normalized spacial score (nSPS) is 13.3. The van der Waals surface area contributed by atoms with Crippen LogP contribution in [0.4, 0.5) is 0 Å². The standard InChI is InChI=1S/C68H106O6/c1-4-7-10-13-16-19-22-25-27-28-29-30-31-32-33-34-35-36-37-38-39-40-42-43-46-49-52-55-58-61-67(70)73-64-65(63-72-66(69)60-57-54-51-48-45-24-21-18-15-12-9-6-3)74-68(71)62-59-56-53-50-47-44-41-26-23-20-17-14-11-8-5-2/h7-8,10-11,16-21,25-27,29-30,32-33,35-36,38-39,41-43,47,50,65H,4-6,9,12-15,22-24,28,31,34,37,40,44-46,48-49,51-64H2,1-3H3/b10-7-,11-8-,19-16-,20-17-,21-18-,27-25-,30-29-,33-32-,36-35-,39-38-,41-26-,43-42-,50-47-. The van der Waals surface area contributed by atoms with Crippen LogP contribution in [0.1, 0.15) is 233 Å². The molecule has 0 bridgehead atoms. The Bertz CT molecular complexity index is 1690. The Kier molecular flexibility index (Phi) is 56.5. The van der Waals surface area contributed by atoms with Crippen molar-refractivity contribution in [2.24, 2.45) is 0 Å².